The summed E-state index contributed by atoms with van der Waals surface area (Å²) in [5.41, 5.74) is -0.975. The Hall–Kier alpha value is -2.03. The van der Waals surface area contributed by atoms with E-state index in [1.54, 1.807) is 20.8 Å². The van der Waals surface area contributed by atoms with E-state index in [4.69, 9.17) is 5.11 Å². The monoisotopic (exact) mass is 363 g/mol. The molecule has 1 atom stereocenters. The first-order chi connectivity index (χ1) is 10.9. The van der Waals surface area contributed by atoms with Crippen LogP contribution in [-0.4, -0.2) is 36.7 Å². The number of halogens is 2. The van der Waals surface area contributed by atoms with Gasteiger partial charge in [0.1, 0.15) is 0 Å². The lowest BCUT2D eigenvalue weighted by molar-refractivity contribution is -0.138. The van der Waals surface area contributed by atoms with E-state index >= 15 is 0 Å². The average molecular weight is 363 g/mol. The number of hydrogen-bond acceptors (Lipinski definition) is 4. The zero-order valence-corrected chi connectivity index (χ0v) is 14.2. The summed E-state index contributed by atoms with van der Waals surface area (Å²) < 4.78 is 47.6. The fraction of sp³-hybridized carbons (Fsp3) is 0.467. The van der Waals surface area contributed by atoms with Crippen molar-refractivity contribution in [2.24, 2.45) is 5.92 Å². The molecule has 0 aliphatic heterocycles. The zero-order chi connectivity index (χ0) is 18.7. The molecule has 1 amide bonds. The predicted molar refractivity (Wildman–Crippen MR) is 82.6 cm³/mol. The molecule has 0 aliphatic carbocycles. The molecule has 0 aromatic heterocycles. The molecule has 0 aliphatic rings. The van der Waals surface area contributed by atoms with Crippen molar-refractivity contribution >= 4 is 21.7 Å². The van der Waals surface area contributed by atoms with Crippen LogP contribution >= 0.6 is 0 Å². The second-order valence-corrected chi connectivity index (χ2v) is 7.84. The van der Waals surface area contributed by atoms with Crippen LogP contribution in [0.4, 0.5) is 8.78 Å². The van der Waals surface area contributed by atoms with E-state index in [9.17, 15) is 26.8 Å². The lowest BCUT2D eigenvalue weighted by Gasteiger charge is -2.33. The summed E-state index contributed by atoms with van der Waals surface area (Å²) in [6, 6.07) is 4.04. The molecule has 1 aromatic rings. The third-order valence-electron chi connectivity index (χ3n) is 3.87. The highest BCUT2D eigenvalue weighted by Gasteiger charge is 2.33. The minimum atomic E-state index is -4.73. The van der Waals surface area contributed by atoms with Crippen molar-refractivity contribution < 1.29 is 31.9 Å². The number of aliphatic carboxylic acids is 1. The van der Waals surface area contributed by atoms with Crippen LogP contribution in [-0.2, 0) is 14.6 Å². The molecule has 0 radical (unpaired) electrons. The fourth-order valence-corrected chi connectivity index (χ4v) is 2.66. The molecule has 1 rings (SSSR count). The van der Waals surface area contributed by atoms with Gasteiger partial charge < -0.3 is 10.4 Å². The number of carbonyl (C=O) groups excluding carboxylic acids is 1. The number of carboxylic acid groups (broad SMARTS) is 1. The largest absolute Gasteiger partial charge is 0.481 e. The summed E-state index contributed by atoms with van der Waals surface area (Å²) in [7, 11) is -4.73. The van der Waals surface area contributed by atoms with Gasteiger partial charge in [-0.25, -0.2) is 8.42 Å². The number of sulfone groups is 1. The number of rotatable bonds is 7. The molecule has 0 heterocycles. The molecule has 1 unspecified atom stereocenters. The fourth-order valence-electron chi connectivity index (χ4n) is 1.94. The van der Waals surface area contributed by atoms with Crippen molar-refractivity contribution in [2.45, 2.75) is 43.4 Å². The molecule has 1 aromatic carbocycles. The molecule has 0 fully saturated rings. The second kappa shape index (κ2) is 7.25. The summed E-state index contributed by atoms with van der Waals surface area (Å²) in [5.74, 6) is -5.42. The van der Waals surface area contributed by atoms with Crippen molar-refractivity contribution in [3.63, 3.8) is 0 Å². The van der Waals surface area contributed by atoms with Gasteiger partial charge >= 0.3 is 11.7 Å². The number of nitrogens with one attached hydrogen (secondary N) is 1. The summed E-state index contributed by atoms with van der Waals surface area (Å²) in [6.45, 7) is 5.09. The third-order valence-corrected chi connectivity index (χ3v) is 5.27. The molecule has 0 bridgehead atoms. The molecule has 2 N–H and O–H groups in total. The first kappa shape index (κ1) is 20.0. The smallest absolute Gasteiger partial charge is 0.341 e. The van der Waals surface area contributed by atoms with Crippen molar-refractivity contribution in [1.29, 1.82) is 0 Å². The summed E-state index contributed by atoms with van der Waals surface area (Å²) >= 11 is 0. The van der Waals surface area contributed by atoms with E-state index in [0.29, 0.717) is 0 Å². The second-order valence-electron chi connectivity index (χ2n) is 5.93. The van der Waals surface area contributed by atoms with Gasteiger partial charge in [-0.1, -0.05) is 13.8 Å². The molecule has 6 nitrogen and oxygen atoms in total. The molecule has 0 saturated carbocycles. The highest BCUT2D eigenvalue weighted by molar-refractivity contribution is 7.91. The Balaban J connectivity index is 3.02. The van der Waals surface area contributed by atoms with Gasteiger partial charge in [0.25, 0.3) is 5.91 Å². The van der Waals surface area contributed by atoms with Crippen LogP contribution in [0.1, 0.15) is 37.6 Å². The topological polar surface area (TPSA) is 101 Å². The number of alkyl halides is 2. The summed E-state index contributed by atoms with van der Waals surface area (Å²) in [5, 5.41) is 11.6. The van der Waals surface area contributed by atoms with Gasteiger partial charge in [0, 0.05) is 5.56 Å². The van der Waals surface area contributed by atoms with Gasteiger partial charge in [0.05, 0.1) is 16.9 Å². The Morgan fingerprint density at radius 3 is 2.08 bits per heavy atom. The molecule has 134 valence electrons. The van der Waals surface area contributed by atoms with E-state index in [-0.39, 0.29) is 17.9 Å². The minimum Gasteiger partial charge on any atom is -0.481 e. The molecule has 0 spiro atoms. The predicted octanol–water partition coefficient (Wildman–Crippen LogP) is 2.30. The van der Waals surface area contributed by atoms with Crippen molar-refractivity contribution in [1.82, 2.24) is 5.32 Å². The van der Waals surface area contributed by atoms with Gasteiger partial charge in [0.2, 0.25) is 9.84 Å². The normalized spacial score (nSPS) is 14.5. The van der Waals surface area contributed by atoms with Crippen LogP contribution in [0.2, 0.25) is 0 Å². The molecular formula is C15H19F2NO5S. The van der Waals surface area contributed by atoms with E-state index in [2.05, 4.69) is 5.32 Å². The Morgan fingerprint density at radius 1 is 1.21 bits per heavy atom. The van der Waals surface area contributed by atoms with Gasteiger partial charge in [-0.3, -0.25) is 9.59 Å². The Kier molecular flexibility index (Phi) is 6.04. The number of amides is 1. The third kappa shape index (κ3) is 4.50. The van der Waals surface area contributed by atoms with Crippen LogP contribution in [0.25, 0.3) is 0 Å². The molecular weight excluding hydrogens is 344 g/mol. The van der Waals surface area contributed by atoms with E-state index in [1.165, 1.54) is 0 Å². The van der Waals surface area contributed by atoms with E-state index in [1.807, 2.05) is 0 Å². The first-order valence-electron chi connectivity index (χ1n) is 7.06. The Morgan fingerprint density at radius 2 is 1.71 bits per heavy atom. The maximum Gasteiger partial charge on any atom is 0.341 e. The number of benzene rings is 1. The highest BCUT2D eigenvalue weighted by atomic mass is 32.2. The van der Waals surface area contributed by atoms with Crippen molar-refractivity contribution in [2.75, 3.05) is 0 Å². The van der Waals surface area contributed by atoms with Gasteiger partial charge in [-0.05, 0) is 37.1 Å². The number of carboxylic acids is 1. The van der Waals surface area contributed by atoms with E-state index in [0.717, 1.165) is 24.3 Å². The van der Waals surface area contributed by atoms with Gasteiger partial charge in [0.15, 0.2) is 0 Å². The highest BCUT2D eigenvalue weighted by Crippen LogP contribution is 2.22. The number of hydrogen-bond donors (Lipinski definition) is 2. The van der Waals surface area contributed by atoms with Crippen LogP contribution < -0.4 is 5.32 Å². The maximum absolute atomic E-state index is 12.5. The van der Waals surface area contributed by atoms with Crippen molar-refractivity contribution in [3.8, 4) is 0 Å². The van der Waals surface area contributed by atoms with Crippen LogP contribution in [0.15, 0.2) is 29.2 Å². The first-order valence-corrected chi connectivity index (χ1v) is 8.61. The van der Waals surface area contributed by atoms with E-state index < -0.39 is 37.9 Å². The van der Waals surface area contributed by atoms with Crippen LogP contribution in [0, 0.1) is 5.92 Å². The van der Waals surface area contributed by atoms with Gasteiger partial charge in [-0.15, -0.1) is 0 Å². The minimum absolute atomic E-state index is 0.0421. The lowest BCUT2D eigenvalue weighted by atomic mass is 9.85. The zero-order valence-electron chi connectivity index (χ0n) is 13.4. The molecule has 9 heteroatoms. The maximum atomic E-state index is 12.5. The molecule has 24 heavy (non-hydrogen) atoms. The summed E-state index contributed by atoms with van der Waals surface area (Å²) in [4.78, 5) is 22.6. The quantitative estimate of drug-likeness (QED) is 0.774. The summed E-state index contributed by atoms with van der Waals surface area (Å²) in [6.07, 6.45) is -0.297. The lowest BCUT2D eigenvalue weighted by Crippen LogP contribution is -2.51. The number of carbonyl (C=O) groups is 2. The Labute approximate surface area is 138 Å². The molecule has 0 saturated heterocycles. The van der Waals surface area contributed by atoms with Gasteiger partial charge in [-0.2, -0.15) is 8.78 Å². The van der Waals surface area contributed by atoms with Crippen LogP contribution in [0.3, 0.4) is 0 Å². The standard InChI is InChI=1S/C15H19F2NO5S/c1-9(2)15(3,8-12(19)20)18-13(21)10-4-6-11(7-5-10)24(22,23)14(16)17/h4-7,9,14H,8H2,1-3H3,(H,18,21)(H,19,20). The van der Waals surface area contributed by atoms with Crippen LogP contribution in [0.5, 0.6) is 0 Å². The average Bonchev–Trinajstić information content (AvgIpc) is 2.46. The Bertz CT molecular complexity index is 716. The SMILES string of the molecule is CC(C)C(C)(CC(=O)O)NC(=O)c1ccc(S(=O)(=O)C(F)F)cc1. The van der Waals surface area contributed by atoms with Crippen molar-refractivity contribution in [3.05, 3.63) is 29.8 Å².